The molecule has 3 aromatic rings. The van der Waals surface area contributed by atoms with E-state index in [-0.39, 0.29) is 0 Å². The highest BCUT2D eigenvalue weighted by molar-refractivity contribution is 5.98. The van der Waals surface area contributed by atoms with Crippen LogP contribution in [-0.4, -0.2) is 22.2 Å². The molecule has 0 aliphatic rings. The van der Waals surface area contributed by atoms with Gasteiger partial charge in [0.05, 0.1) is 0 Å². The van der Waals surface area contributed by atoms with Gasteiger partial charge in [0, 0.05) is 30.1 Å². The van der Waals surface area contributed by atoms with Crippen molar-refractivity contribution in [3.63, 3.8) is 0 Å². The molecular formula is C20H22N2O2. The number of aromatic nitrogens is 1. The first-order valence-electron chi connectivity index (χ1n) is 8.14. The van der Waals surface area contributed by atoms with Gasteiger partial charge in [-0.1, -0.05) is 48.0 Å². The number of nitrogens with zero attached hydrogens (tertiary/aromatic N) is 1. The number of carbonyl (C=O) groups is 1. The van der Waals surface area contributed by atoms with Crippen molar-refractivity contribution in [3.05, 3.63) is 70.9 Å². The van der Waals surface area contributed by atoms with Gasteiger partial charge >= 0.3 is 5.97 Å². The minimum Gasteiger partial charge on any atom is -0.477 e. The van der Waals surface area contributed by atoms with E-state index in [2.05, 4.69) is 36.5 Å². The van der Waals surface area contributed by atoms with Crippen molar-refractivity contribution >= 4 is 16.9 Å². The van der Waals surface area contributed by atoms with Gasteiger partial charge in [0.1, 0.15) is 5.69 Å². The Balaban J connectivity index is 1.74. The largest absolute Gasteiger partial charge is 0.477 e. The summed E-state index contributed by atoms with van der Waals surface area (Å²) in [4.78, 5) is 11.6. The summed E-state index contributed by atoms with van der Waals surface area (Å²) in [5.74, 6) is -0.885. The number of hydrogen-bond donors (Lipinski definition) is 2. The van der Waals surface area contributed by atoms with Crippen LogP contribution in [0, 0.1) is 6.92 Å². The standard InChI is InChI=1S/C20H22N2O2/c1-14-7-9-15(10-8-14)11-12-21-13-17-16-5-3-4-6-18(16)22(2)19(17)20(23)24/h3-10,21H,11-13H2,1-2H3,(H,23,24). The predicted octanol–water partition coefficient (Wildman–Crippen LogP) is 3.52. The van der Waals surface area contributed by atoms with Gasteiger partial charge in [0.2, 0.25) is 0 Å². The summed E-state index contributed by atoms with van der Waals surface area (Å²) in [6.07, 6.45) is 0.924. The van der Waals surface area contributed by atoms with Gasteiger partial charge in [-0.2, -0.15) is 0 Å². The van der Waals surface area contributed by atoms with E-state index in [0.29, 0.717) is 12.2 Å². The van der Waals surface area contributed by atoms with E-state index in [1.54, 1.807) is 4.57 Å². The van der Waals surface area contributed by atoms with Gasteiger partial charge in [0.25, 0.3) is 0 Å². The van der Waals surface area contributed by atoms with E-state index in [1.807, 2.05) is 31.3 Å². The molecule has 0 aliphatic heterocycles. The number of rotatable bonds is 6. The molecule has 1 heterocycles. The fourth-order valence-corrected chi connectivity index (χ4v) is 3.12. The maximum absolute atomic E-state index is 11.6. The summed E-state index contributed by atoms with van der Waals surface area (Å²) in [5, 5.41) is 13.9. The van der Waals surface area contributed by atoms with Crippen LogP contribution in [0.15, 0.2) is 48.5 Å². The number of benzene rings is 2. The molecule has 0 saturated carbocycles. The zero-order valence-corrected chi connectivity index (χ0v) is 14.0. The van der Waals surface area contributed by atoms with Crippen molar-refractivity contribution in [2.24, 2.45) is 7.05 Å². The van der Waals surface area contributed by atoms with E-state index >= 15 is 0 Å². The lowest BCUT2D eigenvalue weighted by atomic mass is 10.1. The van der Waals surface area contributed by atoms with E-state index in [9.17, 15) is 9.90 Å². The fraction of sp³-hybridized carbons (Fsp3) is 0.250. The highest BCUT2D eigenvalue weighted by Gasteiger charge is 2.19. The third-order valence-electron chi connectivity index (χ3n) is 4.43. The van der Waals surface area contributed by atoms with Gasteiger partial charge in [0.15, 0.2) is 0 Å². The lowest BCUT2D eigenvalue weighted by Gasteiger charge is -2.07. The Kier molecular flexibility index (Phi) is 4.67. The second kappa shape index (κ2) is 6.89. The van der Waals surface area contributed by atoms with Gasteiger partial charge in [-0.25, -0.2) is 4.79 Å². The number of nitrogens with one attached hydrogen (secondary N) is 1. The third-order valence-corrected chi connectivity index (χ3v) is 4.43. The monoisotopic (exact) mass is 322 g/mol. The number of carboxylic acid groups (broad SMARTS) is 1. The summed E-state index contributed by atoms with van der Waals surface area (Å²) >= 11 is 0. The first-order valence-corrected chi connectivity index (χ1v) is 8.14. The molecule has 2 aromatic carbocycles. The topological polar surface area (TPSA) is 54.3 Å². The quantitative estimate of drug-likeness (QED) is 0.683. The molecule has 0 saturated heterocycles. The fourth-order valence-electron chi connectivity index (χ4n) is 3.12. The second-order valence-electron chi connectivity index (χ2n) is 6.12. The van der Waals surface area contributed by atoms with Crippen molar-refractivity contribution in [3.8, 4) is 0 Å². The molecule has 0 bridgehead atoms. The smallest absolute Gasteiger partial charge is 0.352 e. The molecule has 1 aromatic heterocycles. The summed E-state index contributed by atoms with van der Waals surface area (Å²) in [6.45, 7) is 3.44. The predicted molar refractivity (Wildman–Crippen MR) is 96.5 cm³/mol. The Morgan fingerprint density at radius 1 is 1.12 bits per heavy atom. The first-order chi connectivity index (χ1) is 11.6. The Morgan fingerprint density at radius 3 is 2.54 bits per heavy atom. The molecule has 0 spiro atoms. The lowest BCUT2D eigenvalue weighted by molar-refractivity contribution is 0.0685. The number of fused-ring (bicyclic) bond motifs is 1. The number of carboxylic acids is 1. The molecule has 3 rings (SSSR count). The molecule has 0 radical (unpaired) electrons. The molecule has 2 N–H and O–H groups in total. The molecule has 0 fully saturated rings. The van der Waals surface area contributed by atoms with E-state index < -0.39 is 5.97 Å². The van der Waals surface area contributed by atoms with Crippen molar-refractivity contribution in [2.45, 2.75) is 19.9 Å². The lowest BCUT2D eigenvalue weighted by Crippen LogP contribution is -2.19. The number of aryl methyl sites for hydroxylation is 2. The SMILES string of the molecule is Cc1ccc(CCNCc2c(C(=O)O)n(C)c3ccccc23)cc1. The molecule has 124 valence electrons. The Morgan fingerprint density at radius 2 is 1.83 bits per heavy atom. The van der Waals surface area contributed by atoms with Gasteiger partial charge in [-0.3, -0.25) is 0 Å². The minimum absolute atomic E-state index is 0.360. The summed E-state index contributed by atoms with van der Waals surface area (Å²) in [7, 11) is 1.81. The number of aromatic carboxylic acids is 1. The van der Waals surface area contributed by atoms with Crippen molar-refractivity contribution in [1.29, 1.82) is 0 Å². The normalized spacial score (nSPS) is 11.1. The van der Waals surface area contributed by atoms with Crippen LogP contribution in [0.25, 0.3) is 10.9 Å². The average Bonchev–Trinajstić information content (AvgIpc) is 2.86. The number of para-hydroxylation sites is 1. The maximum Gasteiger partial charge on any atom is 0.352 e. The van der Waals surface area contributed by atoms with Crippen molar-refractivity contribution < 1.29 is 9.90 Å². The van der Waals surface area contributed by atoms with Crippen LogP contribution in [0.2, 0.25) is 0 Å². The summed E-state index contributed by atoms with van der Waals surface area (Å²) < 4.78 is 1.76. The second-order valence-corrected chi connectivity index (χ2v) is 6.12. The molecule has 0 aliphatic carbocycles. The van der Waals surface area contributed by atoms with Gasteiger partial charge in [-0.15, -0.1) is 0 Å². The highest BCUT2D eigenvalue weighted by Crippen LogP contribution is 2.25. The highest BCUT2D eigenvalue weighted by atomic mass is 16.4. The molecule has 0 unspecified atom stereocenters. The van der Waals surface area contributed by atoms with Gasteiger partial charge < -0.3 is 15.0 Å². The average molecular weight is 322 g/mol. The van der Waals surface area contributed by atoms with Crippen molar-refractivity contribution in [1.82, 2.24) is 9.88 Å². The van der Waals surface area contributed by atoms with Crippen LogP contribution >= 0.6 is 0 Å². The number of hydrogen-bond acceptors (Lipinski definition) is 2. The Labute approximate surface area is 141 Å². The Hall–Kier alpha value is -2.59. The zero-order valence-electron chi connectivity index (χ0n) is 14.0. The molecule has 4 heteroatoms. The Bertz CT molecular complexity index is 863. The summed E-state index contributed by atoms with van der Waals surface area (Å²) in [5.41, 5.74) is 4.70. The van der Waals surface area contributed by atoms with Crippen LogP contribution in [-0.2, 0) is 20.0 Å². The zero-order chi connectivity index (χ0) is 17.1. The van der Waals surface area contributed by atoms with Gasteiger partial charge in [-0.05, 0) is 31.5 Å². The van der Waals surface area contributed by atoms with E-state index in [4.69, 9.17) is 0 Å². The van der Waals surface area contributed by atoms with Crippen LogP contribution < -0.4 is 5.32 Å². The van der Waals surface area contributed by atoms with E-state index in [1.165, 1.54) is 11.1 Å². The minimum atomic E-state index is -0.885. The van der Waals surface area contributed by atoms with Crippen LogP contribution in [0.1, 0.15) is 27.2 Å². The molecule has 0 amide bonds. The molecule has 24 heavy (non-hydrogen) atoms. The summed E-state index contributed by atoms with van der Waals surface area (Å²) in [6, 6.07) is 16.3. The van der Waals surface area contributed by atoms with Crippen LogP contribution in [0.4, 0.5) is 0 Å². The molecule has 4 nitrogen and oxygen atoms in total. The van der Waals surface area contributed by atoms with Crippen LogP contribution in [0.3, 0.4) is 0 Å². The van der Waals surface area contributed by atoms with Crippen LogP contribution in [0.5, 0.6) is 0 Å². The maximum atomic E-state index is 11.6. The third kappa shape index (κ3) is 3.19. The molecular weight excluding hydrogens is 300 g/mol. The first kappa shape index (κ1) is 16.3. The molecule has 0 atom stereocenters. The van der Waals surface area contributed by atoms with E-state index in [0.717, 1.165) is 29.4 Å². The van der Waals surface area contributed by atoms with Crippen molar-refractivity contribution in [2.75, 3.05) is 6.54 Å².